The smallest absolute Gasteiger partial charge is 0.329 e. The van der Waals surface area contributed by atoms with Gasteiger partial charge in [0.1, 0.15) is 11.4 Å². The maximum absolute atomic E-state index is 12.8. The van der Waals surface area contributed by atoms with E-state index in [4.69, 9.17) is 16.3 Å². The van der Waals surface area contributed by atoms with Crippen molar-refractivity contribution in [1.82, 2.24) is 10.2 Å². The fourth-order valence-corrected chi connectivity index (χ4v) is 3.47. The molecular formula is C23H19ClN2O3. The van der Waals surface area contributed by atoms with Crippen molar-refractivity contribution in [2.24, 2.45) is 0 Å². The van der Waals surface area contributed by atoms with Crippen molar-refractivity contribution in [3.05, 3.63) is 82.5 Å². The number of amides is 3. The van der Waals surface area contributed by atoms with Crippen LogP contribution < -0.4 is 10.1 Å². The molecular weight excluding hydrogens is 388 g/mol. The molecule has 0 saturated carbocycles. The highest BCUT2D eigenvalue weighted by Crippen LogP contribution is 2.30. The topological polar surface area (TPSA) is 58.6 Å². The molecule has 0 radical (unpaired) electrons. The van der Waals surface area contributed by atoms with Gasteiger partial charge in [0.2, 0.25) is 0 Å². The Kier molecular flexibility index (Phi) is 5.23. The van der Waals surface area contributed by atoms with Crippen molar-refractivity contribution >= 4 is 40.4 Å². The summed E-state index contributed by atoms with van der Waals surface area (Å²) < 4.78 is 5.70. The quantitative estimate of drug-likeness (QED) is 0.480. The lowest BCUT2D eigenvalue weighted by Gasteiger charge is -2.12. The number of carbonyl (C=O) groups excluding carboxylic acids is 2. The molecule has 0 spiro atoms. The first-order valence-corrected chi connectivity index (χ1v) is 9.68. The molecule has 1 heterocycles. The van der Waals surface area contributed by atoms with Gasteiger partial charge in [-0.1, -0.05) is 54.1 Å². The van der Waals surface area contributed by atoms with E-state index < -0.39 is 6.03 Å². The van der Waals surface area contributed by atoms with E-state index in [0.29, 0.717) is 11.6 Å². The van der Waals surface area contributed by atoms with Gasteiger partial charge in [-0.15, -0.1) is 0 Å². The normalized spacial score (nSPS) is 15.2. The Morgan fingerprint density at radius 1 is 1.00 bits per heavy atom. The molecule has 3 aromatic rings. The number of rotatable bonds is 5. The van der Waals surface area contributed by atoms with Crippen molar-refractivity contribution < 1.29 is 14.3 Å². The van der Waals surface area contributed by atoms with E-state index in [1.165, 1.54) is 4.90 Å². The van der Waals surface area contributed by atoms with Gasteiger partial charge < -0.3 is 10.1 Å². The van der Waals surface area contributed by atoms with Crippen LogP contribution in [0.25, 0.3) is 16.8 Å². The minimum absolute atomic E-state index is 0.184. The van der Waals surface area contributed by atoms with Crippen LogP contribution in [0.1, 0.15) is 18.1 Å². The summed E-state index contributed by atoms with van der Waals surface area (Å²) in [4.78, 5) is 26.4. The van der Waals surface area contributed by atoms with E-state index in [2.05, 4.69) is 5.32 Å². The van der Waals surface area contributed by atoms with Crippen molar-refractivity contribution in [3.8, 4) is 5.75 Å². The van der Waals surface area contributed by atoms with Crippen LogP contribution in [0.4, 0.5) is 4.79 Å². The van der Waals surface area contributed by atoms with Gasteiger partial charge in [-0.3, -0.25) is 9.69 Å². The molecule has 146 valence electrons. The zero-order chi connectivity index (χ0) is 20.4. The summed E-state index contributed by atoms with van der Waals surface area (Å²) in [7, 11) is 0. The zero-order valence-electron chi connectivity index (χ0n) is 15.8. The van der Waals surface area contributed by atoms with Crippen molar-refractivity contribution in [3.63, 3.8) is 0 Å². The molecule has 0 unspecified atom stereocenters. The summed E-state index contributed by atoms with van der Waals surface area (Å²) in [5.41, 5.74) is 1.91. The van der Waals surface area contributed by atoms with E-state index in [1.54, 1.807) is 30.3 Å². The Labute approximate surface area is 173 Å². The first-order chi connectivity index (χ1) is 14.1. The molecule has 5 nitrogen and oxygen atoms in total. The maximum Gasteiger partial charge on any atom is 0.329 e. The lowest BCUT2D eigenvalue weighted by atomic mass is 10.0. The van der Waals surface area contributed by atoms with Crippen LogP contribution in [-0.4, -0.2) is 23.4 Å². The number of halogens is 1. The summed E-state index contributed by atoms with van der Waals surface area (Å²) in [5.74, 6) is 0.430. The molecule has 1 aliphatic rings. The van der Waals surface area contributed by atoms with Crippen LogP contribution >= 0.6 is 11.6 Å². The molecule has 3 aromatic carbocycles. The predicted octanol–water partition coefficient (Wildman–Crippen LogP) is 4.98. The van der Waals surface area contributed by atoms with Crippen LogP contribution in [0.3, 0.4) is 0 Å². The molecule has 0 bridgehead atoms. The highest BCUT2D eigenvalue weighted by Gasteiger charge is 2.33. The summed E-state index contributed by atoms with van der Waals surface area (Å²) in [6, 6.07) is 18.2. The van der Waals surface area contributed by atoms with Gasteiger partial charge in [-0.05, 0) is 47.7 Å². The first kappa shape index (κ1) is 19.0. The third kappa shape index (κ3) is 3.82. The second-order valence-corrected chi connectivity index (χ2v) is 7.07. The number of fused-ring (bicyclic) bond motifs is 1. The average molecular weight is 407 g/mol. The van der Waals surface area contributed by atoms with Gasteiger partial charge in [-0.25, -0.2) is 4.79 Å². The zero-order valence-corrected chi connectivity index (χ0v) is 16.6. The molecule has 6 heteroatoms. The van der Waals surface area contributed by atoms with Gasteiger partial charge in [0.15, 0.2) is 0 Å². The second kappa shape index (κ2) is 7.97. The number of urea groups is 1. The minimum Gasteiger partial charge on any atom is -0.493 e. The van der Waals surface area contributed by atoms with Crippen LogP contribution in [0.2, 0.25) is 5.02 Å². The fourth-order valence-electron chi connectivity index (χ4n) is 3.35. The minimum atomic E-state index is -0.438. The number of imide groups is 1. The van der Waals surface area contributed by atoms with Crippen molar-refractivity contribution in [1.29, 1.82) is 0 Å². The van der Waals surface area contributed by atoms with Crippen LogP contribution in [0, 0.1) is 0 Å². The lowest BCUT2D eigenvalue weighted by molar-refractivity contribution is -0.123. The van der Waals surface area contributed by atoms with Crippen molar-refractivity contribution in [2.45, 2.75) is 13.5 Å². The molecule has 1 saturated heterocycles. The number of nitrogens with zero attached hydrogens (tertiary/aromatic N) is 1. The Morgan fingerprint density at radius 3 is 2.45 bits per heavy atom. The molecule has 29 heavy (non-hydrogen) atoms. The number of nitrogens with one attached hydrogen (secondary N) is 1. The number of carbonyl (C=O) groups is 2. The molecule has 0 aromatic heterocycles. The number of hydrogen-bond acceptors (Lipinski definition) is 3. The third-order valence-electron chi connectivity index (χ3n) is 4.73. The number of ether oxygens (including phenoxy) is 1. The standard InChI is InChI=1S/C23H19ClN2O3/c1-2-29-21-12-9-16(18-5-3-4-6-19(18)21)13-20-22(27)26(23(28)25-20)14-15-7-10-17(24)11-8-15/h3-13H,2,14H2,1H3,(H,25,28). The Bertz CT molecular complexity index is 1120. The van der Waals surface area contributed by atoms with E-state index in [1.807, 2.05) is 43.3 Å². The fraction of sp³-hybridized carbons (Fsp3) is 0.130. The van der Waals surface area contributed by atoms with E-state index in [-0.39, 0.29) is 18.1 Å². The number of hydrogen-bond donors (Lipinski definition) is 1. The Hall–Kier alpha value is -3.31. The van der Waals surface area contributed by atoms with Gasteiger partial charge >= 0.3 is 6.03 Å². The van der Waals surface area contributed by atoms with Crippen LogP contribution in [0.15, 0.2) is 66.4 Å². The Morgan fingerprint density at radius 2 is 1.72 bits per heavy atom. The largest absolute Gasteiger partial charge is 0.493 e. The average Bonchev–Trinajstić information content (AvgIpc) is 2.99. The lowest BCUT2D eigenvalue weighted by Crippen LogP contribution is -2.30. The van der Waals surface area contributed by atoms with Crippen LogP contribution in [-0.2, 0) is 11.3 Å². The molecule has 3 amide bonds. The van der Waals surface area contributed by atoms with Crippen LogP contribution in [0.5, 0.6) is 5.75 Å². The second-order valence-electron chi connectivity index (χ2n) is 6.64. The van der Waals surface area contributed by atoms with E-state index in [9.17, 15) is 9.59 Å². The van der Waals surface area contributed by atoms with Gasteiger partial charge in [0, 0.05) is 10.4 Å². The van der Waals surface area contributed by atoms with E-state index >= 15 is 0 Å². The first-order valence-electron chi connectivity index (χ1n) is 9.30. The highest BCUT2D eigenvalue weighted by molar-refractivity contribution is 6.30. The van der Waals surface area contributed by atoms with E-state index in [0.717, 1.165) is 27.6 Å². The molecule has 0 atom stereocenters. The molecule has 4 rings (SSSR count). The molecule has 1 fully saturated rings. The maximum atomic E-state index is 12.8. The molecule has 1 aliphatic heterocycles. The highest BCUT2D eigenvalue weighted by atomic mass is 35.5. The van der Waals surface area contributed by atoms with Gasteiger partial charge in [0.05, 0.1) is 13.2 Å². The van der Waals surface area contributed by atoms with Gasteiger partial charge in [0.25, 0.3) is 5.91 Å². The Balaban J connectivity index is 1.65. The third-order valence-corrected chi connectivity index (χ3v) is 4.99. The van der Waals surface area contributed by atoms with Crippen molar-refractivity contribution in [2.75, 3.05) is 6.61 Å². The number of benzene rings is 3. The molecule has 1 N–H and O–H groups in total. The molecule has 0 aliphatic carbocycles. The monoisotopic (exact) mass is 406 g/mol. The summed E-state index contributed by atoms with van der Waals surface area (Å²) in [6.45, 7) is 2.69. The summed E-state index contributed by atoms with van der Waals surface area (Å²) >= 11 is 5.90. The predicted molar refractivity (Wildman–Crippen MR) is 114 cm³/mol. The van der Waals surface area contributed by atoms with Gasteiger partial charge in [-0.2, -0.15) is 0 Å². The summed E-state index contributed by atoms with van der Waals surface area (Å²) in [5, 5.41) is 5.19. The SMILES string of the molecule is CCOc1ccc(C=C2NC(=O)N(Cc3ccc(Cl)cc3)C2=O)c2ccccc12. The summed E-state index contributed by atoms with van der Waals surface area (Å²) in [6.07, 6.45) is 1.71.